The van der Waals surface area contributed by atoms with Gasteiger partial charge in [0.1, 0.15) is 0 Å². The predicted molar refractivity (Wildman–Crippen MR) is 203 cm³/mol. The lowest BCUT2D eigenvalue weighted by atomic mass is 9.96. The first-order valence-corrected chi connectivity index (χ1v) is 18.7. The summed E-state index contributed by atoms with van der Waals surface area (Å²) in [6.07, 6.45) is 3.98. The Labute approximate surface area is 300 Å². The molecule has 0 spiro atoms. The summed E-state index contributed by atoms with van der Waals surface area (Å²) in [7, 11) is 0. The molecule has 0 fully saturated rings. The third kappa shape index (κ3) is 6.30. The molecule has 7 rings (SSSR count). The molecule has 1 aliphatic rings. The average Bonchev–Trinajstić information content (AvgIpc) is 3.65. The summed E-state index contributed by atoms with van der Waals surface area (Å²) in [5.74, 6) is -0.470. The Morgan fingerprint density at radius 2 is 1.59 bits per heavy atom. The number of allylic oxidation sites excluding steroid dienone is 1. The molecule has 0 amide bonds. The van der Waals surface area contributed by atoms with E-state index in [4.69, 9.17) is 9.73 Å². The number of benzene rings is 4. The van der Waals surface area contributed by atoms with Crippen molar-refractivity contribution >= 4 is 51.1 Å². The topological polar surface area (TPSA) is 65.6 Å². The molecule has 0 unspecified atom stereocenters. The molecule has 0 N–H and O–H groups in total. The minimum Gasteiger partial charge on any atom is -0.463 e. The number of aromatic nitrogens is 2. The van der Waals surface area contributed by atoms with Gasteiger partial charge in [0.25, 0.3) is 5.56 Å². The zero-order valence-corrected chi connectivity index (χ0v) is 30.3. The maximum absolute atomic E-state index is 14.6. The number of hydrogen-bond acceptors (Lipinski definition) is 6. The summed E-state index contributed by atoms with van der Waals surface area (Å²) >= 11 is 6.56. The molecule has 0 radical (unpaired) electrons. The molecular weight excluding hydrogens is 714 g/mol. The van der Waals surface area contributed by atoms with Crippen molar-refractivity contribution < 1.29 is 9.53 Å². The van der Waals surface area contributed by atoms with Crippen molar-refractivity contribution in [2.75, 3.05) is 12.9 Å². The molecule has 4 aromatic carbocycles. The number of hydrogen-bond donors (Lipinski definition) is 0. The smallest absolute Gasteiger partial charge is 0.338 e. The molecule has 9 heteroatoms. The lowest BCUT2D eigenvalue weighted by Crippen LogP contribution is -2.39. The molecule has 2 aromatic heterocycles. The fourth-order valence-electron chi connectivity index (χ4n) is 6.25. The van der Waals surface area contributed by atoms with E-state index in [2.05, 4.69) is 63.0 Å². The molecule has 1 atom stereocenters. The summed E-state index contributed by atoms with van der Waals surface area (Å²) in [4.78, 5) is 34.4. The normalized spacial score (nSPS) is 14.4. The van der Waals surface area contributed by atoms with Crippen molar-refractivity contribution in [3.05, 3.63) is 162 Å². The highest BCUT2D eigenvalue weighted by molar-refractivity contribution is 9.10. The minimum absolute atomic E-state index is 0.214. The van der Waals surface area contributed by atoms with Crippen molar-refractivity contribution in [2.24, 2.45) is 4.99 Å². The van der Waals surface area contributed by atoms with Crippen LogP contribution in [-0.4, -0.2) is 28.0 Å². The number of nitrogens with zero attached hydrogens (tertiary/aromatic N) is 3. The Kier molecular flexibility index (Phi) is 9.40. The fraction of sp³-hybridized carbons (Fsp3) is 0.125. The molecule has 3 heterocycles. The Morgan fingerprint density at radius 1 is 0.939 bits per heavy atom. The molecule has 0 saturated carbocycles. The van der Waals surface area contributed by atoms with Gasteiger partial charge in [-0.25, -0.2) is 9.79 Å². The second-order valence-corrected chi connectivity index (χ2v) is 14.3. The van der Waals surface area contributed by atoms with Crippen molar-refractivity contribution in [1.82, 2.24) is 9.13 Å². The van der Waals surface area contributed by atoms with Gasteiger partial charge in [0.05, 0.1) is 39.8 Å². The van der Waals surface area contributed by atoms with Gasteiger partial charge in [0.2, 0.25) is 0 Å². The quantitative estimate of drug-likeness (QED) is 0.116. The molecule has 244 valence electrons. The van der Waals surface area contributed by atoms with Gasteiger partial charge in [0.15, 0.2) is 4.80 Å². The van der Waals surface area contributed by atoms with Gasteiger partial charge in [-0.1, -0.05) is 100 Å². The lowest BCUT2D eigenvalue weighted by Gasteiger charge is -2.24. The van der Waals surface area contributed by atoms with Crippen molar-refractivity contribution in [2.45, 2.75) is 24.8 Å². The third-order valence-electron chi connectivity index (χ3n) is 8.47. The van der Waals surface area contributed by atoms with Crippen LogP contribution in [0.2, 0.25) is 0 Å². The van der Waals surface area contributed by atoms with Gasteiger partial charge in [-0.3, -0.25) is 9.36 Å². The minimum atomic E-state index is -0.672. The van der Waals surface area contributed by atoms with Gasteiger partial charge in [-0.15, -0.1) is 11.8 Å². The number of halogens is 1. The molecule has 0 bridgehead atoms. The first kappa shape index (κ1) is 32.8. The van der Waals surface area contributed by atoms with Crippen LogP contribution < -0.4 is 14.9 Å². The fourth-order valence-corrected chi connectivity index (χ4v) is 7.96. The second kappa shape index (κ2) is 14.0. The number of thiazole rings is 1. The lowest BCUT2D eigenvalue weighted by molar-refractivity contribution is -0.139. The Balaban J connectivity index is 1.50. The van der Waals surface area contributed by atoms with Crippen LogP contribution in [0.25, 0.3) is 34.3 Å². The van der Waals surface area contributed by atoms with Crippen LogP contribution in [0.15, 0.2) is 146 Å². The summed E-state index contributed by atoms with van der Waals surface area (Å²) in [5.41, 5.74) is 7.41. The van der Waals surface area contributed by atoms with E-state index in [-0.39, 0.29) is 12.2 Å². The number of fused-ring (bicyclic) bond motifs is 1. The van der Waals surface area contributed by atoms with Gasteiger partial charge >= 0.3 is 5.97 Å². The van der Waals surface area contributed by atoms with E-state index in [0.29, 0.717) is 20.6 Å². The van der Waals surface area contributed by atoms with Crippen LogP contribution in [0.1, 0.15) is 31.0 Å². The van der Waals surface area contributed by atoms with E-state index in [0.717, 1.165) is 48.7 Å². The molecule has 0 saturated heterocycles. The van der Waals surface area contributed by atoms with Crippen molar-refractivity contribution in [3.63, 3.8) is 0 Å². The summed E-state index contributed by atoms with van der Waals surface area (Å²) in [6, 6.07) is 38.2. The highest BCUT2D eigenvalue weighted by atomic mass is 79.9. The number of esters is 1. The maximum atomic E-state index is 14.6. The molecule has 49 heavy (non-hydrogen) atoms. The summed E-state index contributed by atoms with van der Waals surface area (Å²) in [5, 5.41) is 0. The molecular formula is C40H32BrN3O3S2. The summed E-state index contributed by atoms with van der Waals surface area (Å²) in [6.45, 7) is 3.81. The van der Waals surface area contributed by atoms with E-state index in [1.165, 1.54) is 11.3 Å². The number of ether oxygens (including phenoxy) is 1. The highest BCUT2D eigenvalue weighted by Gasteiger charge is 2.33. The monoisotopic (exact) mass is 745 g/mol. The van der Waals surface area contributed by atoms with E-state index >= 15 is 0 Å². The highest BCUT2D eigenvalue weighted by Crippen LogP contribution is 2.37. The van der Waals surface area contributed by atoms with E-state index in [1.54, 1.807) is 23.3 Å². The largest absolute Gasteiger partial charge is 0.463 e. The Hall–Kier alpha value is -4.70. The Bertz CT molecular complexity index is 2380. The average molecular weight is 747 g/mol. The molecule has 6 nitrogen and oxygen atoms in total. The van der Waals surface area contributed by atoms with Gasteiger partial charge in [0, 0.05) is 20.6 Å². The van der Waals surface area contributed by atoms with Gasteiger partial charge in [-0.05, 0) is 85.3 Å². The maximum Gasteiger partial charge on any atom is 0.338 e. The van der Waals surface area contributed by atoms with Gasteiger partial charge < -0.3 is 9.30 Å². The summed E-state index contributed by atoms with van der Waals surface area (Å²) < 4.78 is 10.9. The number of carbonyl (C=O) groups excluding carboxylic acids is 1. The third-order valence-corrected chi connectivity index (χ3v) is 10.7. The van der Waals surface area contributed by atoms with E-state index < -0.39 is 12.0 Å². The number of rotatable bonds is 8. The van der Waals surface area contributed by atoms with E-state index in [1.807, 2.05) is 92.1 Å². The molecule has 0 aliphatic carbocycles. The standard InChI is InChI=1S/C40H32BrN3O3S2/c1-4-47-39(46)35-25(2)42-40-44(37(35)28-15-21-32(48-3)22-16-28)38(45)34(49-40)24-29-23-33(26-11-7-5-8-12-26)43(31-19-17-30(41)18-20-31)36(29)27-13-9-6-10-14-27/h5-24,37H,4H2,1-3H3/b34-24-/t37-/m0/s1. The first-order chi connectivity index (χ1) is 23.9. The van der Waals surface area contributed by atoms with Crippen molar-refractivity contribution in [1.29, 1.82) is 0 Å². The van der Waals surface area contributed by atoms with Crippen LogP contribution in [0.4, 0.5) is 0 Å². The van der Waals surface area contributed by atoms with Crippen LogP contribution in [0, 0.1) is 0 Å². The zero-order chi connectivity index (χ0) is 34.1. The SMILES string of the molecule is CCOC(=O)C1=C(C)N=c2s/c(=C\c3cc(-c4ccccc4)n(-c4ccc(Br)cc4)c3-c3ccccc3)c(=O)n2[C@H]1c1ccc(SC)cc1. The predicted octanol–water partition coefficient (Wildman–Crippen LogP) is 8.41. The Morgan fingerprint density at radius 3 is 2.22 bits per heavy atom. The van der Waals surface area contributed by atoms with Crippen LogP contribution in [0.5, 0.6) is 0 Å². The number of carbonyl (C=O) groups is 1. The van der Waals surface area contributed by atoms with Crippen LogP contribution in [-0.2, 0) is 9.53 Å². The molecule has 6 aromatic rings. The second-order valence-electron chi connectivity index (χ2n) is 11.5. The van der Waals surface area contributed by atoms with Crippen LogP contribution in [0.3, 0.4) is 0 Å². The molecule has 1 aliphatic heterocycles. The zero-order valence-electron chi connectivity index (χ0n) is 27.1. The van der Waals surface area contributed by atoms with Crippen molar-refractivity contribution in [3.8, 4) is 28.2 Å². The van der Waals surface area contributed by atoms with E-state index in [9.17, 15) is 9.59 Å². The number of thioether (sulfide) groups is 1. The van der Waals surface area contributed by atoms with Gasteiger partial charge in [-0.2, -0.15) is 0 Å². The first-order valence-electron chi connectivity index (χ1n) is 15.8. The van der Waals surface area contributed by atoms with Crippen LogP contribution >= 0.6 is 39.0 Å².